The molecule has 1 unspecified atom stereocenters. The van der Waals surface area contributed by atoms with E-state index in [0.29, 0.717) is 18.9 Å². The largest absolute Gasteiger partial charge is 0.383 e. The van der Waals surface area contributed by atoms with Crippen LogP contribution in [0.5, 0.6) is 0 Å². The topological polar surface area (TPSA) is 60.2 Å². The highest BCUT2D eigenvalue weighted by atomic mass is 16.5. The van der Waals surface area contributed by atoms with Crippen LogP contribution in [-0.2, 0) is 24.0 Å². The Bertz CT molecular complexity index is 507. The number of likely N-dealkylation sites (N-methyl/N-ethyl adjacent to an activating group) is 1. The zero-order valence-electron chi connectivity index (χ0n) is 12.7. The molecular formula is C16H23N3O2. The van der Waals surface area contributed by atoms with Gasteiger partial charge in [0.05, 0.1) is 6.61 Å². The summed E-state index contributed by atoms with van der Waals surface area (Å²) in [7, 11) is 1.70. The molecule has 2 rings (SSSR count). The van der Waals surface area contributed by atoms with E-state index in [1.807, 2.05) is 18.2 Å². The van der Waals surface area contributed by atoms with Crippen molar-refractivity contribution in [2.24, 2.45) is 0 Å². The SMILES string of the molecule is CCNC(COC)Cc1nc(CCc2ccccc2)no1. The maximum atomic E-state index is 5.32. The van der Waals surface area contributed by atoms with Gasteiger partial charge in [0.25, 0.3) is 0 Å². The quantitative estimate of drug-likeness (QED) is 0.765. The average molecular weight is 289 g/mol. The summed E-state index contributed by atoms with van der Waals surface area (Å²) in [6.07, 6.45) is 2.41. The lowest BCUT2D eigenvalue weighted by molar-refractivity contribution is 0.162. The van der Waals surface area contributed by atoms with Crippen LogP contribution in [0.25, 0.3) is 0 Å². The van der Waals surface area contributed by atoms with Gasteiger partial charge in [-0.3, -0.25) is 0 Å². The number of rotatable bonds is 9. The molecular weight excluding hydrogens is 266 g/mol. The molecule has 1 aromatic heterocycles. The van der Waals surface area contributed by atoms with E-state index in [0.717, 1.165) is 25.2 Å². The molecule has 0 radical (unpaired) electrons. The molecule has 1 aromatic carbocycles. The van der Waals surface area contributed by atoms with Gasteiger partial charge >= 0.3 is 0 Å². The fraction of sp³-hybridized carbons (Fsp3) is 0.500. The monoisotopic (exact) mass is 289 g/mol. The Labute approximate surface area is 125 Å². The summed E-state index contributed by atoms with van der Waals surface area (Å²) >= 11 is 0. The Morgan fingerprint density at radius 1 is 1.24 bits per heavy atom. The van der Waals surface area contributed by atoms with Crippen molar-refractivity contribution in [1.29, 1.82) is 0 Å². The number of ether oxygens (including phenoxy) is 1. The Kier molecular flexibility index (Phi) is 6.37. The minimum Gasteiger partial charge on any atom is -0.383 e. The van der Waals surface area contributed by atoms with Gasteiger partial charge in [-0.05, 0) is 18.5 Å². The molecule has 5 nitrogen and oxygen atoms in total. The lowest BCUT2D eigenvalue weighted by atomic mass is 10.1. The van der Waals surface area contributed by atoms with Gasteiger partial charge in [-0.1, -0.05) is 42.4 Å². The van der Waals surface area contributed by atoms with E-state index in [1.54, 1.807) is 7.11 Å². The third-order valence-electron chi connectivity index (χ3n) is 3.27. The van der Waals surface area contributed by atoms with Gasteiger partial charge in [0.15, 0.2) is 5.82 Å². The lowest BCUT2D eigenvalue weighted by Crippen LogP contribution is -2.35. The first-order chi connectivity index (χ1) is 10.3. The molecule has 0 aliphatic carbocycles. The van der Waals surface area contributed by atoms with E-state index in [2.05, 4.69) is 34.5 Å². The summed E-state index contributed by atoms with van der Waals surface area (Å²) in [5.41, 5.74) is 1.29. The highest BCUT2D eigenvalue weighted by Crippen LogP contribution is 2.07. The van der Waals surface area contributed by atoms with E-state index in [1.165, 1.54) is 5.56 Å². The van der Waals surface area contributed by atoms with E-state index in [-0.39, 0.29) is 6.04 Å². The third kappa shape index (κ3) is 5.28. The molecule has 1 atom stereocenters. The summed E-state index contributed by atoms with van der Waals surface area (Å²) in [4.78, 5) is 4.46. The molecule has 114 valence electrons. The van der Waals surface area contributed by atoms with Crippen LogP contribution < -0.4 is 5.32 Å². The van der Waals surface area contributed by atoms with Gasteiger partial charge < -0.3 is 14.6 Å². The predicted molar refractivity (Wildman–Crippen MR) is 81.2 cm³/mol. The van der Waals surface area contributed by atoms with E-state index in [9.17, 15) is 0 Å². The number of nitrogens with zero attached hydrogens (tertiary/aromatic N) is 2. The minimum absolute atomic E-state index is 0.211. The summed E-state index contributed by atoms with van der Waals surface area (Å²) < 4.78 is 10.5. The molecule has 0 aliphatic heterocycles. The molecule has 1 N–H and O–H groups in total. The van der Waals surface area contributed by atoms with Crippen LogP contribution in [0.3, 0.4) is 0 Å². The summed E-state index contributed by atoms with van der Waals surface area (Å²) in [6, 6.07) is 10.5. The molecule has 0 amide bonds. The Morgan fingerprint density at radius 2 is 2.05 bits per heavy atom. The number of aryl methyl sites for hydroxylation is 2. The van der Waals surface area contributed by atoms with Crippen LogP contribution in [0.1, 0.15) is 24.2 Å². The highest BCUT2D eigenvalue weighted by Gasteiger charge is 2.13. The van der Waals surface area contributed by atoms with Gasteiger partial charge in [0.2, 0.25) is 5.89 Å². The second-order valence-electron chi connectivity index (χ2n) is 5.00. The Morgan fingerprint density at radius 3 is 2.76 bits per heavy atom. The molecule has 5 heteroatoms. The number of hydrogen-bond acceptors (Lipinski definition) is 5. The average Bonchev–Trinajstić information content (AvgIpc) is 2.94. The first-order valence-corrected chi connectivity index (χ1v) is 7.39. The maximum Gasteiger partial charge on any atom is 0.228 e. The molecule has 0 spiro atoms. The van der Waals surface area contributed by atoms with E-state index in [4.69, 9.17) is 9.26 Å². The van der Waals surface area contributed by atoms with Crippen molar-refractivity contribution in [3.8, 4) is 0 Å². The molecule has 0 saturated carbocycles. The number of benzene rings is 1. The molecule has 0 bridgehead atoms. The van der Waals surface area contributed by atoms with E-state index < -0.39 is 0 Å². The Hall–Kier alpha value is -1.72. The Balaban J connectivity index is 1.85. The number of aromatic nitrogens is 2. The van der Waals surface area contributed by atoms with Crippen molar-refractivity contribution in [3.63, 3.8) is 0 Å². The second-order valence-corrected chi connectivity index (χ2v) is 5.00. The lowest BCUT2D eigenvalue weighted by Gasteiger charge is -2.14. The molecule has 0 aliphatic rings. The zero-order chi connectivity index (χ0) is 14.9. The molecule has 1 heterocycles. The van der Waals surface area contributed by atoms with Gasteiger partial charge in [0.1, 0.15) is 0 Å². The standard InChI is InChI=1S/C16H23N3O2/c1-3-17-14(12-20-2)11-16-18-15(19-21-16)10-9-13-7-5-4-6-8-13/h4-8,14,17H,3,9-12H2,1-2H3. The predicted octanol–water partition coefficient (Wildman–Crippen LogP) is 2.02. The summed E-state index contributed by atoms with van der Waals surface area (Å²) in [5, 5.41) is 7.40. The molecule has 0 fully saturated rings. The van der Waals surface area contributed by atoms with Crippen LogP contribution in [-0.4, -0.2) is 36.4 Å². The van der Waals surface area contributed by atoms with Crippen LogP contribution in [0.4, 0.5) is 0 Å². The zero-order valence-corrected chi connectivity index (χ0v) is 12.7. The van der Waals surface area contributed by atoms with Crippen molar-refractivity contribution < 1.29 is 9.26 Å². The number of nitrogens with one attached hydrogen (secondary N) is 1. The maximum absolute atomic E-state index is 5.32. The van der Waals surface area contributed by atoms with Gasteiger partial charge in [0, 0.05) is 26.0 Å². The first kappa shape index (κ1) is 15.7. The number of hydrogen-bond donors (Lipinski definition) is 1. The van der Waals surface area contributed by atoms with Crippen molar-refractivity contribution in [3.05, 3.63) is 47.6 Å². The smallest absolute Gasteiger partial charge is 0.228 e. The normalized spacial score (nSPS) is 12.5. The van der Waals surface area contributed by atoms with Crippen LogP contribution in [0, 0.1) is 0 Å². The van der Waals surface area contributed by atoms with Crippen molar-refractivity contribution >= 4 is 0 Å². The van der Waals surface area contributed by atoms with Crippen molar-refractivity contribution in [2.75, 3.05) is 20.3 Å². The summed E-state index contributed by atoms with van der Waals surface area (Å²) in [5.74, 6) is 1.43. The molecule has 21 heavy (non-hydrogen) atoms. The van der Waals surface area contributed by atoms with Crippen LogP contribution >= 0.6 is 0 Å². The molecule has 0 saturated heterocycles. The number of methoxy groups -OCH3 is 1. The third-order valence-corrected chi connectivity index (χ3v) is 3.27. The van der Waals surface area contributed by atoms with Gasteiger partial charge in [-0.25, -0.2) is 0 Å². The summed E-state index contributed by atoms with van der Waals surface area (Å²) in [6.45, 7) is 3.60. The van der Waals surface area contributed by atoms with Gasteiger partial charge in [-0.2, -0.15) is 4.98 Å². The fourth-order valence-corrected chi connectivity index (χ4v) is 2.27. The second kappa shape index (κ2) is 8.54. The minimum atomic E-state index is 0.211. The van der Waals surface area contributed by atoms with Crippen molar-refractivity contribution in [2.45, 2.75) is 32.2 Å². The fourth-order valence-electron chi connectivity index (χ4n) is 2.27. The van der Waals surface area contributed by atoms with Crippen LogP contribution in [0.2, 0.25) is 0 Å². The molecule has 2 aromatic rings. The van der Waals surface area contributed by atoms with E-state index >= 15 is 0 Å². The highest BCUT2D eigenvalue weighted by molar-refractivity contribution is 5.15. The first-order valence-electron chi connectivity index (χ1n) is 7.39. The van der Waals surface area contributed by atoms with Crippen LogP contribution in [0.15, 0.2) is 34.9 Å². The van der Waals surface area contributed by atoms with Crippen molar-refractivity contribution in [1.82, 2.24) is 15.5 Å². The van der Waals surface area contributed by atoms with Gasteiger partial charge in [-0.15, -0.1) is 0 Å².